The summed E-state index contributed by atoms with van der Waals surface area (Å²) < 4.78 is 18.1. The van der Waals surface area contributed by atoms with Crippen molar-refractivity contribution in [3.05, 3.63) is 64.4 Å². The summed E-state index contributed by atoms with van der Waals surface area (Å²) in [5.41, 5.74) is 7.78. The molecule has 0 fully saturated rings. The molecule has 2 aromatic rings. The van der Waals surface area contributed by atoms with Crippen molar-refractivity contribution in [1.29, 1.82) is 0 Å². The predicted molar refractivity (Wildman–Crippen MR) is 70.4 cm³/mol. The van der Waals surface area contributed by atoms with Crippen LogP contribution >= 0.6 is 11.6 Å². The summed E-state index contributed by atoms with van der Waals surface area (Å²) in [6.45, 7) is 0. The van der Waals surface area contributed by atoms with Crippen LogP contribution in [0.5, 0.6) is 5.75 Å². The Hall–Kier alpha value is -1.58. The molecule has 0 heterocycles. The molecule has 0 aliphatic rings. The van der Waals surface area contributed by atoms with E-state index in [9.17, 15) is 4.39 Å². The summed E-state index contributed by atoms with van der Waals surface area (Å²) >= 11 is 5.90. The third kappa shape index (κ3) is 2.63. The van der Waals surface area contributed by atoms with Crippen LogP contribution in [0.25, 0.3) is 0 Å². The van der Waals surface area contributed by atoms with Gasteiger partial charge in [0.15, 0.2) is 0 Å². The third-order valence-electron chi connectivity index (χ3n) is 2.76. The topological polar surface area (TPSA) is 35.2 Å². The molecule has 2 N–H and O–H groups in total. The first-order chi connectivity index (χ1) is 8.61. The molecule has 0 aromatic heterocycles. The lowest BCUT2D eigenvalue weighted by atomic mass is 9.99. The van der Waals surface area contributed by atoms with Crippen molar-refractivity contribution in [3.8, 4) is 5.75 Å². The van der Waals surface area contributed by atoms with Gasteiger partial charge in [0, 0.05) is 10.6 Å². The maximum absolute atomic E-state index is 12.9. The fraction of sp³-hybridized carbons (Fsp3) is 0.143. The predicted octanol–water partition coefficient (Wildman–Crippen LogP) is 3.54. The molecule has 94 valence electrons. The van der Waals surface area contributed by atoms with E-state index in [0.29, 0.717) is 10.8 Å². The second kappa shape index (κ2) is 5.38. The number of hydrogen-bond acceptors (Lipinski definition) is 2. The molecule has 0 radical (unpaired) electrons. The molecule has 1 unspecified atom stereocenters. The first kappa shape index (κ1) is 12.9. The first-order valence-electron chi connectivity index (χ1n) is 5.46. The van der Waals surface area contributed by atoms with Gasteiger partial charge >= 0.3 is 0 Å². The Morgan fingerprint density at radius 1 is 1.17 bits per heavy atom. The maximum atomic E-state index is 12.9. The van der Waals surface area contributed by atoms with Crippen LogP contribution in [0.4, 0.5) is 4.39 Å². The van der Waals surface area contributed by atoms with Crippen molar-refractivity contribution in [2.45, 2.75) is 6.04 Å². The molecule has 2 nitrogen and oxygen atoms in total. The van der Waals surface area contributed by atoms with E-state index in [1.165, 1.54) is 12.1 Å². The standard InChI is InChI=1S/C14H13ClFNO/c1-18-13-8-10(15)4-7-12(13)14(17)9-2-5-11(16)6-3-9/h2-8,14H,17H2,1H3. The minimum atomic E-state index is -0.377. The van der Waals surface area contributed by atoms with Crippen LogP contribution < -0.4 is 10.5 Å². The van der Waals surface area contributed by atoms with Crippen LogP contribution in [0.2, 0.25) is 5.02 Å². The molecule has 0 amide bonds. The Balaban J connectivity index is 2.39. The quantitative estimate of drug-likeness (QED) is 0.921. The van der Waals surface area contributed by atoms with Crippen molar-refractivity contribution in [2.75, 3.05) is 7.11 Å². The van der Waals surface area contributed by atoms with Gasteiger partial charge in [-0.15, -0.1) is 0 Å². The summed E-state index contributed by atoms with van der Waals surface area (Å²) in [6.07, 6.45) is 0. The third-order valence-corrected chi connectivity index (χ3v) is 2.99. The highest BCUT2D eigenvalue weighted by molar-refractivity contribution is 6.30. The van der Waals surface area contributed by atoms with E-state index in [0.717, 1.165) is 11.1 Å². The second-order valence-electron chi connectivity index (χ2n) is 3.92. The number of ether oxygens (including phenoxy) is 1. The van der Waals surface area contributed by atoms with Crippen molar-refractivity contribution in [1.82, 2.24) is 0 Å². The van der Waals surface area contributed by atoms with Gasteiger partial charge in [0.25, 0.3) is 0 Å². The number of halogens is 2. The van der Waals surface area contributed by atoms with Crippen LogP contribution in [0, 0.1) is 5.82 Å². The smallest absolute Gasteiger partial charge is 0.125 e. The van der Waals surface area contributed by atoms with E-state index < -0.39 is 0 Å². The first-order valence-corrected chi connectivity index (χ1v) is 5.84. The van der Waals surface area contributed by atoms with Crippen molar-refractivity contribution < 1.29 is 9.13 Å². The van der Waals surface area contributed by atoms with E-state index in [-0.39, 0.29) is 11.9 Å². The average molecular weight is 266 g/mol. The zero-order valence-corrected chi connectivity index (χ0v) is 10.6. The molecule has 0 bridgehead atoms. The number of hydrogen-bond donors (Lipinski definition) is 1. The molecule has 1 atom stereocenters. The molecule has 2 rings (SSSR count). The Morgan fingerprint density at radius 3 is 2.44 bits per heavy atom. The Kier molecular flexibility index (Phi) is 3.84. The Morgan fingerprint density at radius 2 is 1.83 bits per heavy atom. The highest BCUT2D eigenvalue weighted by Gasteiger charge is 2.14. The minimum absolute atomic E-state index is 0.283. The van der Waals surface area contributed by atoms with Crippen molar-refractivity contribution >= 4 is 11.6 Å². The van der Waals surface area contributed by atoms with E-state index >= 15 is 0 Å². The lowest BCUT2D eigenvalue weighted by Crippen LogP contribution is -2.13. The van der Waals surface area contributed by atoms with Crippen LogP contribution in [-0.4, -0.2) is 7.11 Å². The van der Waals surface area contributed by atoms with Gasteiger partial charge < -0.3 is 10.5 Å². The van der Waals surface area contributed by atoms with Crippen LogP contribution in [0.15, 0.2) is 42.5 Å². The molecule has 0 aliphatic heterocycles. The van der Waals surface area contributed by atoms with Gasteiger partial charge in [-0.25, -0.2) is 4.39 Å². The maximum Gasteiger partial charge on any atom is 0.125 e. The Bertz CT molecular complexity index is 542. The molecular formula is C14H13ClFNO. The fourth-order valence-electron chi connectivity index (χ4n) is 1.79. The lowest BCUT2D eigenvalue weighted by Gasteiger charge is -2.16. The van der Waals surface area contributed by atoms with Crippen LogP contribution in [0.1, 0.15) is 17.2 Å². The highest BCUT2D eigenvalue weighted by Crippen LogP contribution is 2.30. The summed E-state index contributed by atoms with van der Waals surface area (Å²) in [6, 6.07) is 11.0. The van der Waals surface area contributed by atoms with Gasteiger partial charge in [0.05, 0.1) is 13.2 Å². The van der Waals surface area contributed by atoms with Crippen molar-refractivity contribution in [3.63, 3.8) is 0 Å². The SMILES string of the molecule is COc1cc(Cl)ccc1C(N)c1ccc(F)cc1. The number of nitrogens with two attached hydrogens (primary N) is 1. The van der Waals surface area contributed by atoms with Crippen molar-refractivity contribution in [2.24, 2.45) is 5.73 Å². The molecule has 18 heavy (non-hydrogen) atoms. The fourth-order valence-corrected chi connectivity index (χ4v) is 1.95. The normalized spacial score (nSPS) is 12.2. The van der Waals surface area contributed by atoms with Crippen LogP contribution in [-0.2, 0) is 0 Å². The summed E-state index contributed by atoms with van der Waals surface area (Å²) in [5, 5.41) is 0.585. The molecule has 0 spiro atoms. The highest BCUT2D eigenvalue weighted by atomic mass is 35.5. The van der Waals surface area contributed by atoms with Gasteiger partial charge in [0.1, 0.15) is 11.6 Å². The number of methoxy groups -OCH3 is 1. The summed E-state index contributed by atoms with van der Waals surface area (Å²) in [4.78, 5) is 0. The average Bonchev–Trinajstić information content (AvgIpc) is 2.38. The van der Waals surface area contributed by atoms with E-state index in [1.807, 2.05) is 6.07 Å². The van der Waals surface area contributed by atoms with E-state index in [2.05, 4.69) is 0 Å². The largest absolute Gasteiger partial charge is 0.496 e. The van der Waals surface area contributed by atoms with Gasteiger partial charge in [-0.1, -0.05) is 29.8 Å². The van der Waals surface area contributed by atoms with E-state index in [4.69, 9.17) is 22.1 Å². The zero-order valence-electron chi connectivity index (χ0n) is 9.86. The van der Waals surface area contributed by atoms with Gasteiger partial charge in [-0.3, -0.25) is 0 Å². The zero-order chi connectivity index (χ0) is 13.1. The molecule has 2 aromatic carbocycles. The number of rotatable bonds is 3. The minimum Gasteiger partial charge on any atom is -0.496 e. The molecule has 0 saturated heterocycles. The molecule has 0 aliphatic carbocycles. The van der Waals surface area contributed by atoms with E-state index in [1.54, 1.807) is 31.4 Å². The molecular weight excluding hydrogens is 253 g/mol. The van der Waals surface area contributed by atoms with Gasteiger partial charge in [-0.05, 0) is 29.8 Å². The molecule has 4 heteroatoms. The lowest BCUT2D eigenvalue weighted by molar-refractivity contribution is 0.408. The van der Waals surface area contributed by atoms with Crippen LogP contribution in [0.3, 0.4) is 0 Å². The van der Waals surface area contributed by atoms with Gasteiger partial charge in [-0.2, -0.15) is 0 Å². The molecule has 0 saturated carbocycles. The summed E-state index contributed by atoms with van der Waals surface area (Å²) in [5.74, 6) is 0.341. The van der Waals surface area contributed by atoms with Gasteiger partial charge in [0.2, 0.25) is 0 Å². The summed E-state index contributed by atoms with van der Waals surface area (Å²) in [7, 11) is 1.56. The number of benzene rings is 2. The second-order valence-corrected chi connectivity index (χ2v) is 4.35. The monoisotopic (exact) mass is 265 g/mol. The Labute approximate surface area is 110 Å².